The van der Waals surface area contributed by atoms with Crippen LogP contribution in [0, 0.1) is 5.82 Å². The molecule has 1 aliphatic heterocycles. The van der Waals surface area contributed by atoms with Crippen molar-refractivity contribution in [3.05, 3.63) is 35.1 Å². The fraction of sp³-hybridized carbons (Fsp3) is 0.500. The molecule has 2 rings (SSSR count). The van der Waals surface area contributed by atoms with E-state index < -0.39 is 34.6 Å². The zero-order valence-corrected chi connectivity index (χ0v) is 11.4. The van der Waals surface area contributed by atoms with E-state index in [1.165, 1.54) is 0 Å². The smallest absolute Gasteiger partial charge is 0.381 e. The fourth-order valence-electron chi connectivity index (χ4n) is 2.21. The van der Waals surface area contributed by atoms with Gasteiger partial charge in [0.05, 0.1) is 11.1 Å². The third-order valence-electron chi connectivity index (χ3n) is 3.56. The number of amides is 1. The number of hydrogen-bond acceptors (Lipinski definition) is 2. The molecule has 1 heterocycles. The molecule has 0 aromatic heterocycles. The van der Waals surface area contributed by atoms with Crippen LogP contribution in [0.1, 0.15) is 35.7 Å². The van der Waals surface area contributed by atoms with Crippen LogP contribution < -0.4 is 5.32 Å². The maximum atomic E-state index is 13.9. The van der Waals surface area contributed by atoms with E-state index in [2.05, 4.69) is 5.32 Å². The lowest BCUT2D eigenvalue weighted by atomic mass is 9.92. The molecule has 1 fully saturated rings. The van der Waals surface area contributed by atoms with E-state index >= 15 is 0 Å². The number of hydrogen-bond donors (Lipinski definition) is 1. The van der Waals surface area contributed by atoms with Crippen molar-refractivity contribution in [3.8, 4) is 0 Å². The van der Waals surface area contributed by atoms with Crippen LogP contribution in [-0.4, -0.2) is 24.7 Å². The third kappa shape index (κ3) is 3.53. The van der Waals surface area contributed by atoms with E-state index in [9.17, 15) is 22.4 Å². The minimum absolute atomic E-state index is 0.446. The summed E-state index contributed by atoms with van der Waals surface area (Å²) in [4.78, 5) is 12.1. The number of benzene rings is 1. The molecule has 1 aliphatic rings. The van der Waals surface area contributed by atoms with Crippen molar-refractivity contribution >= 4 is 5.91 Å². The summed E-state index contributed by atoms with van der Waals surface area (Å²) in [5.74, 6) is -2.39. The molecule has 7 heteroatoms. The maximum Gasteiger partial charge on any atom is 0.419 e. The average Bonchev–Trinajstić information content (AvgIpc) is 2.37. The molecule has 0 spiro atoms. The van der Waals surface area contributed by atoms with Gasteiger partial charge >= 0.3 is 6.18 Å². The van der Waals surface area contributed by atoms with Gasteiger partial charge in [-0.05, 0) is 31.9 Å². The second-order valence-corrected chi connectivity index (χ2v) is 5.29. The maximum absolute atomic E-state index is 13.9. The van der Waals surface area contributed by atoms with Crippen molar-refractivity contribution in [2.45, 2.75) is 31.5 Å². The molecule has 0 unspecified atom stereocenters. The van der Waals surface area contributed by atoms with Crippen molar-refractivity contribution < 1.29 is 27.1 Å². The number of carbonyl (C=O) groups excluding carboxylic acids is 1. The van der Waals surface area contributed by atoms with Gasteiger partial charge in [0.15, 0.2) is 0 Å². The van der Waals surface area contributed by atoms with Gasteiger partial charge in [-0.1, -0.05) is 6.07 Å². The Morgan fingerprint density at radius 3 is 2.48 bits per heavy atom. The summed E-state index contributed by atoms with van der Waals surface area (Å²) in [7, 11) is 0. The average molecular weight is 305 g/mol. The third-order valence-corrected chi connectivity index (χ3v) is 3.56. The van der Waals surface area contributed by atoms with Crippen molar-refractivity contribution in [2.24, 2.45) is 0 Å². The summed E-state index contributed by atoms with van der Waals surface area (Å²) in [5.41, 5.74) is -2.64. The van der Waals surface area contributed by atoms with Crippen LogP contribution in [0.4, 0.5) is 17.6 Å². The second-order valence-electron chi connectivity index (χ2n) is 5.29. The van der Waals surface area contributed by atoms with Gasteiger partial charge < -0.3 is 10.1 Å². The number of alkyl halides is 3. The van der Waals surface area contributed by atoms with Crippen molar-refractivity contribution in [2.75, 3.05) is 13.2 Å². The van der Waals surface area contributed by atoms with E-state index in [0.717, 1.165) is 12.1 Å². The van der Waals surface area contributed by atoms with E-state index in [-0.39, 0.29) is 0 Å². The Labute approximate surface area is 119 Å². The van der Waals surface area contributed by atoms with Crippen LogP contribution in [0.5, 0.6) is 0 Å². The number of ether oxygens (including phenoxy) is 1. The van der Waals surface area contributed by atoms with E-state index in [1.54, 1.807) is 6.92 Å². The van der Waals surface area contributed by atoms with Crippen LogP contribution in [0.2, 0.25) is 0 Å². The van der Waals surface area contributed by atoms with Crippen LogP contribution in [0.25, 0.3) is 0 Å². The molecule has 0 radical (unpaired) electrons. The van der Waals surface area contributed by atoms with E-state index in [1.807, 2.05) is 0 Å². The van der Waals surface area contributed by atoms with Crippen LogP contribution in [-0.2, 0) is 10.9 Å². The summed E-state index contributed by atoms with van der Waals surface area (Å²) in [6.45, 7) is 2.66. The van der Waals surface area contributed by atoms with Gasteiger partial charge in [-0.25, -0.2) is 4.39 Å². The molecular weight excluding hydrogens is 290 g/mol. The van der Waals surface area contributed by atoms with E-state index in [4.69, 9.17) is 4.74 Å². The van der Waals surface area contributed by atoms with Gasteiger partial charge in [-0.2, -0.15) is 13.2 Å². The quantitative estimate of drug-likeness (QED) is 0.853. The molecule has 1 aromatic rings. The number of rotatable bonds is 2. The molecule has 1 N–H and O–H groups in total. The predicted octanol–water partition coefficient (Wildman–Crippen LogP) is 3.14. The first-order valence-corrected chi connectivity index (χ1v) is 6.49. The largest absolute Gasteiger partial charge is 0.419 e. The summed E-state index contributed by atoms with van der Waals surface area (Å²) in [6, 6.07) is 2.68. The first kappa shape index (κ1) is 15.8. The highest BCUT2D eigenvalue weighted by molar-refractivity contribution is 5.95. The molecule has 1 amide bonds. The van der Waals surface area contributed by atoms with Gasteiger partial charge in [0.25, 0.3) is 5.91 Å². The predicted molar refractivity (Wildman–Crippen MR) is 67.3 cm³/mol. The van der Waals surface area contributed by atoms with Crippen LogP contribution in [0.3, 0.4) is 0 Å². The zero-order chi connectivity index (χ0) is 15.7. The Kier molecular flexibility index (Phi) is 4.22. The highest BCUT2D eigenvalue weighted by Gasteiger charge is 2.36. The molecule has 3 nitrogen and oxygen atoms in total. The standard InChI is InChI=1S/C14H15F4NO2/c1-13(5-7-21-8-6-13)19-12(20)9-3-2-4-10(11(9)15)14(16,17)18/h2-4H,5-8H2,1H3,(H,19,20). The highest BCUT2D eigenvalue weighted by atomic mass is 19.4. The Balaban J connectivity index is 2.24. The zero-order valence-electron chi connectivity index (χ0n) is 11.4. The summed E-state index contributed by atoms with van der Waals surface area (Å²) in [6.07, 6.45) is -3.78. The summed E-state index contributed by atoms with van der Waals surface area (Å²) >= 11 is 0. The second kappa shape index (κ2) is 5.63. The minimum Gasteiger partial charge on any atom is -0.381 e. The van der Waals surface area contributed by atoms with E-state index in [0.29, 0.717) is 32.1 Å². The molecule has 21 heavy (non-hydrogen) atoms. The van der Waals surface area contributed by atoms with Gasteiger partial charge in [-0.3, -0.25) is 4.79 Å². The molecule has 1 saturated heterocycles. The van der Waals surface area contributed by atoms with Crippen molar-refractivity contribution in [3.63, 3.8) is 0 Å². The van der Waals surface area contributed by atoms with Gasteiger partial charge in [-0.15, -0.1) is 0 Å². The van der Waals surface area contributed by atoms with Gasteiger partial charge in [0.2, 0.25) is 0 Å². The Hall–Kier alpha value is -1.63. The lowest BCUT2D eigenvalue weighted by molar-refractivity contribution is -0.140. The van der Waals surface area contributed by atoms with Crippen LogP contribution >= 0.6 is 0 Å². The first-order valence-electron chi connectivity index (χ1n) is 6.49. The Morgan fingerprint density at radius 2 is 1.90 bits per heavy atom. The van der Waals surface area contributed by atoms with Crippen LogP contribution in [0.15, 0.2) is 18.2 Å². The Bertz CT molecular complexity index is 536. The normalized spacial score (nSPS) is 18.3. The molecule has 116 valence electrons. The number of halogens is 4. The van der Waals surface area contributed by atoms with Crippen molar-refractivity contribution in [1.29, 1.82) is 0 Å². The topological polar surface area (TPSA) is 38.3 Å². The number of carbonyl (C=O) groups is 1. The molecule has 0 bridgehead atoms. The van der Waals surface area contributed by atoms with Gasteiger partial charge in [0.1, 0.15) is 5.82 Å². The fourth-order valence-corrected chi connectivity index (χ4v) is 2.21. The lowest BCUT2D eigenvalue weighted by Gasteiger charge is -2.34. The molecular formula is C14H15F4NO2. The van der Waals surface area contributed by atoms with Crippen molar-refractivity contribution in [1.82, 2.24) is 5.32 Å². The Morgan fingerprint density at radius 1 is 1.29 bits per heavy atom. The monoisotopic (exact) mass is 305 g/mol. The first-order chi connectivity index (χ1) is 9.73. The minimum atomic E-state index is -4.83. The summed E-state index contributed by atoms with van der Waals surface area (Å²) < 4.78 is 57.0. The van der Waals surface area contributed by atoms with Gasteiger partial charge in [0, 0.05) is 18.8 Å². The number of nitrogens with one attached hydrogen (secondary N) is 1. The molecule has 0 atom stereocenters. The molecule has 0 saturated carbocycles. The summed E-state index contributed by atoms with van der Waals surface area (Å²) in [5, 5.41) is 2.60. The lowest BCUT2D eigenvalue weighted by Crippen LogP contribution is -2.49. The molecule has 0 aliphatic carbocycles. The molecule has 1 aromatic carbocycles. The SMILES string of the molecule is CC1(NC(=O)c2cccc(C(F)(F)F)c2F)CCOCC1. The highest BCUT2D eigenvalue weighted by Crippen LogP contribution is 2.32.